The number of hydrogen-bond donors (Lipinski definition) is 0. The molecule has 184 valence electrons. The first-order valence-corrected chi connectivity index (χ1v) is 11.2. The number of amides is 2. The van der Waals surface area contributed by atoms with Crippen LogP contribution in [0.4, 0.5) is 11.4 Å². The van der Waals surface area contributed by atoms with E-state index < -0.39 is 34.8 Å². The molecule has 0 aromatic heterocycles. The summed E-state index contributed by atoms with van der Waals surface area (Å²) in [5.41, 5.74) is 1.24. The molecule has 0 spiro atoms. The number of ether oxygens (including phenoxy) is 2. The number of nitro benzene ring substituents is 1. The van der Waals surface area contributed by atoms with Gasteiger partial charge in [0.15, 0.2) is 17.6 Å². The molecule has 0 bridgehead atoms. The van der Waals surface area contributed by atoms with Crippen LogP contribution in [0.25, 0.3) is 0 Å². The Balaban J connectivity index is 1.63. The summed E-state index contributed by atoms with van der Waals surface area (Å²) < 4.78 is 10.7. The van der Waals surface area contributed by atoms with Crippen LogP contribution in [0.1, 0.15) is 17.2 Å². The molecule has 2 heterocycles. The first-order valence-electron chi connectivity index (χ1n) is 11.2. The average Bonchev–Trinajstić information content (AvgIpc) is 3.40. The lowest BCUT2D eigenvalue weighted by molar-refractivity contribution is -0.385. The van der Waals surface area contributed by atoms with Crippen molar-refractivity contribution in [2.45, 2.75) is 18.7 Å². The maximum absolute atomic E-state index is 13.7. The molecule has 10 heteroatoms. The lowest BCUT2D eigenvalue weighted by Gasteiger charge is -2.29. The van der Waals surface area contributed by atoms with Gasteiger partial charge in [0.2, 0.25) is 5.91 Å². The molecule has 36 heavy (non-hydrogen) atoms. The minimum Gasteiger partial charge on any atom is -0.493 e. The number of anilines is 1. The Morgan fingerprint density at radius 3 is 2.14 bits per heavy atom. The van der Waals surface area contributed by atoms with Gasteiger partial charge in [-0.2, -0.15) is 0 Å². The molecule has 10 nitrogen and oxygen atoms in total. The number of methoxy groups -OCH3 is 2. The molecule has 0 unspecified atom stereocenters. The number of carbonyl (C=O) groups is 2. The van der Waals surface area contributed by atoms with Gasteiger partial charge in [-0.25, -0.2) is 5.06 Å². The number of benzene rings is 3. The fourth-order valence-corrected chi connectivity index (χ4v) is 4.79. The highest BCUT2D eigenvalue weighted by molar-refractivity contribution is 6.07. The number of nitrogens with zero attached hydrogens (tertiary/aromatic N) is 3. The molecular formula is C26H23N3O7. The summed E-state index contributed by atoms with van der Waals surface area (Å²) in [6.07, 6.45) is -1.13. The van der Waals surface area contributed by atoms with Crippen molar-refractivity contribution in [1.82, 2.24) is 4.90 Å². The summed E-state index contributed by atoms with van der Waals surface area (Å²) in [4.78, 5) is 45.9. The fraction of sp³-hybridized carbons (Fsp3) is 0.231. The van der Waals surface area contributed by atoms with E-state index >= 15 is 0 Å². The van der Waals surface area contributed by atoms with Crippen LogP contribution in [0.5, 0.6) is 11.5 Å². The van der Waals surface area contributed by atoms with Crippen LogP contribution in [0.2, 0.25) is 0 Å². The standard InChI is InChI=1S/C26H23N3O7/c1-34-20-13-18(19(29(32)33)14-21(20)35-2)23-22-24(36-28(23)17-11-7-4-8-12-17)26(31)27(25(22)30)15-16-9-5-3-6-10-16/h3-14,22-24H,15H2,1-2H3/t22-,23+,24-/m1/s1. The molecule has 2 amide bonds. The van der Waals surface area contributed by atoms with Crippen LogP contribution >= 0.6 is 0 Å². The van der Waals surface area contributed by atoms with Crippen LogP contribution in [0.3, 0.4) is 0 Å². The van der Waals surface area contributed by atoms with Gasteiger partial charge in [-0.05, 0) is 23.8 Å². The molecule has 0 radical (unpaired) electrons. The predicted molar refractivity (Wildman–Crippen MR) is 128 cm³/mol. The van der Waals surface area contributed by atoms with Crippen molar-refractivity contribution in [2.24, 2.45) is 5.92 Å². The van der Waals surface area contributed by atoms with Gasteiger partial charge in [-0.3, -0.25) is 29.4 Å². The van der Waals surface area contributed by atoms with E-state index in [-0.39, 0.29) is 29.3 Å². The van der Waals surface area contributed by atoms with Crippen molar-refractivity contribution in [3.05, 3.63) is 94.0 Å². The molecule has 0 saturated carbocycles. The lowest BCUT2D eigenvalue weighted by Crippen LogP contribution is -2.37. The summed E-state index contributed by atoms with van der Waals surface area (Å²) >= 11 is 0. The Labute approximate surface area is 206 Å². The van der Waals surface area contributed by atoms with E-state index in [1.807, 2.05) is 36.4 Å². The van der Waals surface area contributed by atoms with E-state index in [0.717, 1.165) is 10.5 Å². The van der Waals surface area contributed by atoms with Crippen molar-refractivity contribution in [2.75, 3.05) is 19.3 Å². The number of hydroxylamine groups is 1. The highest BCUT2D eigenvalue weighted by Crippen LogP contribution is 2.50. The van der Waals surface area contributed by atoms with Gasteiger partial charge in [-0.15, -0.1) is 0 Å². The largest absolute Gasteiger partial charge is 0.493 e. The van der Waals surface area contributed by atoms with Crippen molar-refractivity contribution >= 4 is 23.2 Å². The highest BCUT2D eigenvalue weighted by atomic mass is 16.7. The molecule has 2 aliphatic rings. The Kier molecular flexibility index (Phi) is 6.03. The van der Waals surface area contributed by atoms with Gasteiger partial charge in [-0.1, -0.05) is 48.5 Å². The normalized spacial score (nSPS) is 21.0. The van der Waals surface area contributed by atoms with Crippen LogP contribution < -0.4 is 14.5 Å². The molecule has 0 N–H and O–H groups in total. The van der Waals surface area contributed by atoms with E-state index in [1.54, 1.807) is 24.3 Å². The number of nitro groups is 1. The summed E-state index contributed by atoms with van der Waals surface area (Å²) in [7, 11) is 2.80. The molecule has 5 rings (SSSR count). The summed E-state index contributed by atoms with van der Waals surface area (Å²) in [6.45, 7) is 0.0843. The Hall–Kier alpha value is -4.44. The first kappa shape index (κ1) is 23.3. The van der Waals surface area contributed by atoms with Crippen LogP contribution in [-0.2, 0) is 21.0 Å². The van der Waals surface area contributed by atoms with Crippen molar-refractivity contribution in [1.29, 1.82) is 0 Å². The summed E-state index contributed by atoms with van der Waals surface area (Å²) in [6, 6.07) is 19.8. The molecule has 3 atom stereocenters. The van der Waals surface area contributed by atoms with Crippen LogP contribution in [0, 0.1) is 16.0 Å². The number of fused-ring (bicyclic) bond motifs is 1. The SMILES string of the molecule is COc1cc([C@H]2[C@H]3C(=O)N(Cc4ccccc4)C(=O)[C@@H]3ON2c2ccccc2)c([N+](=O)[O-])cc1OC. The number of hydrogen-bond acceptors (Lipinski definition) is 8. The molecule has 0 aliphatic carbocycles. The van der Waals surface area contributed by atoms with Crippen LogP contribution in [-0.4, -0.2) is 42.0 Å². The van der Waals surface area contributed by atoms with E-state index in [1.165, 1.54) is 31.4 Å². The van der Waals surface area contributed by atoms with E-state index in [0.29, 0.717) is 5.69 Å². The number of rotatable bonds is 7. The van der Waals surface area contributed by atoms with Gasteiger partial charge in [0, 0.05) is 0 Å². The Morgan fingerprint density at radius 2 is 1.53 bits per heavy atom. The number of para-hydroxylation sites is 1. The summed E-state index contributed by atoms with van der Waals surface area (Å²) in [5.74, 6) is -1.51. The molecule has 3 aromatic rings. The zero-order chi connectivity index (χ0) is 25.4. The second-order valence-corrected chi connectivity index (χ2v) is 8.43. The summed E-state index contributed by atoms with van der Waals surface area (Å²) in [5, 5.41) is 13.5. The first-order chi connectivity index (χ1) is 17.4. The van der Waals surface area contributed by atoms with Gasteiger partial charge in [0.1, 0.15) is 12.0 Å². The third kappa shape index (κ3) is 3.81. The van der Waals surface area contributed by atoms with Crippen molar-refractivity contribution in [3.63, 3.8) is 0 Å². The topological polar surface area (TPSA) is 111 Å². The fourth-order valence-electron chi connectivity index (χ4n) is 4.79. The molecular weight excluding hydrogens is 466 g/mol. The molecule has 3 aromatic carbocycles. The Bertz CT molecular complexity index is 1320. The monoisotopic (exact) mass is 489 g/mol. The second-order valence-electron chi connectivity index (χ2n) is 8.43. The van der Waals surface area contributed by atoms with E-state index in [9.17, 15) is 19.7 Å². The third-order valence-corrected chi connectivity index (χ3v) is 6.45. The van der Waals surface area contributed by atoms with E-state index in [4.69, 9.17) is 14.3 Å². The highest BCUT2D eigenvalue weighted by Gasteiger charge is 2.61. The maximum Gasteiger partial charge on any atom is 0.278 e. The zero-order valence-electron chi connectivity index (χ0n) is 19.6. The number of carbonyl (C=O) groups excluding carboxylic acids is 2. The van der Waals surface area contributed by atoms with Gasteiger partial charge >= 0.3 is 0 Å². The average molecular weight is 489 g/mol. The van der Waals surface area contributed by atoms with Crippen molar-refractivity contribution < 1.29 is 28.8 Å². The quantitative estimate of drug-likeness (QED) is 0.281. The van der Waals surface area contributed by atoms with Crippen molar-refractivity contribution in [3.8, 4) is 11.5 Å². The lowest BCUT2D eigenvalue weighted by atomic mass is 9.89. The smallest absolute Gasteiger partial charge is 0.278 e. The number of likely N-dealkylation sites (tertiary alicyclic amines) is 1. The number of imide groups is 1. The van der Waals surface area contributed by atoms with Gasteiger partial charge in [0.25, 0.3) is 11.6 Å². The van der Waals surface area contributed by atoms with Crippen LogP contribution in [0.15, 0.2) is 72.8 Å². The molecule has 2 saturated heterocycles. The van der Waals surface area contributed by atoms with E-state index in [2.05, 4.69) is 0 Å². The Morgan fingerprint density at radius 1 is 0.917 bits per heavy atom. The maximum atomic E-state index is 13.7. The molecule has 2 fully saturated rings. The second kappa shape index (κ2) is 9.31. The van der Waals surface area contributed by atoms with Gasteiger partial charge < -0.3 is 9.47 Å². The molecule has 2 aliphatic heterocycles. The third-order valence-electron chi connectivity index (χ3n) is 6.45. The zero-order valence-corrected chi connectivity index (χ0v) is 19.6. The minimum absolute atomic E-state index is 0.0843. The minimum atomic E-state index is -1.13. The van der Waals surface area contributed by atoms with Gasteiger partial charge in [0.05, 0.1) is 43.0 Å². The predicted octanol–water partition coefficient (Wildman–Crippen LogP) is 3.66.